The van der Waals surface area contributed by atoms with Gasteiger partial charge in [-0.1, -0.05) is 45.9 Å². The summed E-state index contributed by atoms with van der Waals surface area (Å²) in [5, 5.41) is 0. The van der Waals surface area contributed by atoms with Gasteiger partial charge in [0, 0.05) is 12.6 Å². The number of hydrogen-bond donors (Lipinski definition) is 0. The molecule has 1 atom stereocenters. The average molecular weight is 571 g/mol. The summed E-state index contributed by atoms with van der Waals surface area (Å²) in [6, 6.07) is 15.8. The monoisotopic (exact) mass is 570 g/mol. The zero-order valence-corrected chi connectivity index (χ0v) is 25.5. The predicted molar refractivity (Wildman–Crippen MR) is 156 cm³/mol. The van der Waals surface area contributed by atoms with Crippen molar-refractivity contribution in [1.82, 2.24) is 9.21 Å². The quantitative estimate of drug-likeness (QED) is 0.264. The molecule has 3 rings (SSSR count). The van der Waals surface area contributed by atoms with Crippen LogP contribution in [0.1, 0.15) is 57.9 Å². The Balaban J connectivity index is 1.86. The van der Waals surface area contributed by atoms with E-state index in [-0.39, 0.29) is 35.3 Å². The van der Waals surface area contributed by atoms with E-state index >= 15 is 0 Å². The molecule has 1 heterocycles. The first-order chi connectivity index (χ1) is 18.9. The van der Waals surface area contributed by atoms with E-state index in [4.69, 9.17) is 13.9 Å². The molecule has 3 aromatic rings. The summed E-state index contributed by atoms with van der Waals surface area (Å²) in [6.07, 6.45) is 2.66. The van der Waals surface area contributed by atoms with E-state index in [0.29, 0.717) is 36.6 Å². The van der Waals surface area contributed by atoms with E-state index in [0.717, 1.165) is 11.1 Å². The van der Waals surface area contributed by atoms with Crippen LogP contribution in [0.4, 0.5) is 0 Å². The molecule has 0 saturated carbocycles. The van der Waals surface area contributed by atoms with E-state index in [1.807, 2.05) is 44.2 Å². The third-order valence-corrected chi connectivity index (χ3v) is 9.07. The molecular weight excluding hydrogens is 528 g/mol. The molecule has 8 nitrogen and oxygen atoms in total. The molecule has 40 heavy (non-hydrogen) atoms. The van der Waals surface area contributed by atoms with Crippen molar-refractivity contribution in [2.24, 2.45) is 0 Å². The lowest BCUT2D eigenvalue weighted by atomic mass is 9.87. The fourth-order valence-corrected chi connectivity index (χ4v) is 6.01. The zero-order valence-electron chi connectivity index (χ0n) is 24.6. The summed E-state index contributed by atoms with van der Waals surface area (Å²) in [5.41, 5.74) is 1.90. The maximum atomic E-state index is 13.8. The van der Waals surface area contributed by atoms with Gasteiger partial charge in [0.25, 0.3) is 0 Å². The first-order valence-electron chi connectivity index (χ1n) is 13.5. The van der Waals surface area contributed by atoms with Crippen molar-refractivity contribution in [1.29, 1.82) is 0 Å². The summed E-state index contributed by atoms with van der Waals surface area (Å²) < 4.78 is 45.2. The molecule has 0 spiro atoms. The topological polar surface area (TPSA) is 89.3 Å². The van der Waals surface area contributed by atoms with Gasteiger partial charge >= 0.3 is 0 Å². The van der Waals surface area contributed by atoms with Crippen LogP contribution in [0, 0.1) is 0 Å². The largest absolute Gasteiger partial charge is 0.493 e. The zero-order chi connectivity index (χ0) is 29.5. The van der Waals surface area contributed by atoms with Gasteiger partial charge in [-0.05, 0) is 72.7 Å². The molecule has 2 aromatic carbocycles. The fraction of sp³-hybridized carbons (Fsp3) is 0.452. The van der Waals surface area contributed by atoms with Crippen LogP contribution in [0.3, 0.4) is 0 Å². The lowest BCUT2D eigenvalue weighted by molar-refractivity contribution is -0.132. The molecule has 0 aliphatic rings. The number of carbonyl (C=O) groups is 1. The van der Waals surface area contributed by atoms with Gasteiger partial charge in [0.05, 0.1) is 38.5 Å². The SMILES string of the molecule is CC[C@@H](C)N(CC(=O)N(CCc1ccc(OC)c(OC)c1)Cc1ccco1)S(=O)(=O)c1ccc(C(C)(C)C)cc1. The number of rotatable bonds is 13. The summed E-state index contributed by atoms with van der Waals surface area (Å²) >= 11 is 0. The van der Waals surface area contributed by atoms with Crippen molar-refractivity contribution in [3.8, 4) is 11.5 Å². The molecule has 0 aliphatic carbocycles. The van der Waals surface area contributed by atoms with Gasteiger partial charge in [0.1, 0.15) is 5.76 Å². The normalized spacial score (nSPS) is 12.8. The Morgan fingerprint density at radius 1 is 1.00 bits per heavy atom. The van der Waals surface area contributed by atoms with Crippen LogP contribution in [-0.2, 0) is 33.2 Å². The molecule has 0 bridgehead atoms. The van der Waals surface area contributed by atoms with Crippen molar-refractivity contribution >= 4 is 15.9 Å². The minimum Gasteiger partial charge on any atom is -0.493 e. The van der Waals surface area contributed by atoms with Crippen LogP contribution in [0.5, 0.6) is 11.5 Å². The summed E-state index contributed by atoms with van der Waals surface area (Å²) in [7, 11) is -0.758. The Labute approximate surface area is 238 Å². The van der Waals surface area contributed by atoms with Gasteiger partial charge in [-0.2, -0.15) is 4.31 Å². The highest BCUT2D eigenvalue weighted by molar-refractivity contribution is 7.89. The molecule has 0 N–H and O–H groups in total. The van der Waals surface area contributed by atoms with Crippen LogP contribution in [0.25, 0.3) is 0 Å². The van der Waals surface area contributed by atoms with Crippen molar-refractivity contribution in [2.75, 3.05) is 27.3 Å². The lowest BCUT2D eigenvalue weighted by Crippen LogP contribution is -2.46. The summed E-state index contributed by atoms with van der Waals surface area (Å²) in [4.78, 5) is 15.6. The molecule has 0 saturated heterocycles. The number of methoxy groups -OCH3 is 2. The number of hydrogen-bond acceptors (Lipinski definition) is 6. The minimum atomic E-state index is -3.92. The van der Waals surface area contributed by atoms with E-state index < -0.39 is 10.0 Å². The minimum absolute atomic E-state index is 0.102. The molecule has 0 radical (unpaired) electrons. The number of benzene rings is 2. The highest BCUT2D eigenvalue weighted by Crippen LogP contribution is 2.28. The van der Waals surface area contributed by atoms with Crippen LogP contribution in [0.15, 0.2) is 70.2 Å². The average Bonchev–Trinajstić information content (AvgIpc) is 3.46. The molecule has 0 fully saturated rings. The van der Waals surface area contributed by atoms with Crippen molar-refractivity contribution < 1.29 is 27.1 Å². The van der Waals surface area contributed by atoms with Crippen molar-refractivity contribution in [3.63, 3.8) is 0 Å². The Hall–Kier alpha value is -3.30. The molecule has 0 aliphatic heterocycles. The fourth-order valence-electron chi connectivity index (χ4n) is 4.36. The van der Waals surface area contributed by atoms with Gasteiger partial charge in [-0.15, -0.1) is 0 Å². The first-order valence-corrected chi connectivity index (χ1v) is 15.0. The highest BCUT2D eigenvalue weighted by Gasteiger charge is 2.32. The van der Waals surface area contributed by atoms with Crippen LogP contribution in [0.2, 0.25) is 0 Å². The van der Waals surface area contributed by atoms with E-state index in [1.165, 1.54) is 4.31 Å². The predicted octanol–water partition coefficient (Wildman–Crippen LogP) is 5.66. The highest BCUT2D eigenvalue weighted by atomic mass is 32.2. The van der Waals surface area contributed by atoms with Crippen LogP contribution < -0.4 is 9.47 Å². The molecule has 1 aromatic heterocycles. The molecule has 9 heteroatoms. The summed E-state index contributed by atoms with van der Waals surface area (Å²) in [6.45, 7) is 10.3. The number of amides is 1. The van der Waals surface area contributed by atoms with Crippen molar-refractivity contribution in [3.05, 3.63) is 77.7 Å². The molecule has 1 amide bonds. The van der Waals surface area contributed by atoms with Crippen LogP contribution >= 0.6 is 0 Å². The smallest absolute Gasteiger partial charge is 0.243 e. The van der Waals surface area contributed by atoms with Gasteiger partial charge < -0.3 is 18.8 Å². The molecule has 218 valence electrons. The number of ether oxygens (including phenoxy) is 2. The maximum Gasteiger partial charge on any atom is 0.243 e. The van der Waals surface area contributed by atoms with Gasteiger partial charge in [-0.25, -0.2) is 8.42 Å². The van der Waals surface area contributed by atoms with Gasteiger partial charge in [0.2, 0.25) is 15.9 Å². The number of nitrogens with zero attached hydrogens (tertiary/aromatic N) is 2. The lowest BCUT2D eigenvalue weighted by Gasteiger charge is -2.30. The second-order valence-corrected chi connectivity index (χ2v) is 12.8. The van der Waals surface area contributed by atoms with Gasteiger partial charge in [-0.3, -0.25) is 4.79 Å². The molecular formula is C31H42N2O6S. The van der Waals surface area contributed by atoms with Crippen LogP contribution in [-0.4, -0.2) is 56.9 Å². The second kappa shape index (κ2) is 13.4. The third-order valence-electron chi connectivity index (χ3n) is 7.10. The maximum absolute atomic E-state index is 13.8. The summed E-state index contributed by atoms with van der Waals surface area (Å²) in [5.74, 6) is 1.55. The second-order valence-electron chi connectivity index (χ2n) is 10.9. The van der Waals surface area contributed by atoms with Gasteiger partial charge in [0.15, 0.2) is 11.5 Å². The Morgan fingerprint density at radius 3 is 2.23 bits per heavy atom. The van der Waals surface area contributed by atoms with E-state index in [1.54, 1.807) is 49.6 Å². The standard InChI is InChI=1S/C31H42N2O6S/c1-8-23(2)33(40(35,36)27-14-12-25(13-15-27)31(3,4)5)22-30(34)32(21-26-10-9-19-39-26)18-17-24-11-16-28(37-6)29(20-24)38-7/h9-16,19-20,23H,8,17-18,21-22H2,1-7H3/t23-/m1/s1. The van der Waals surface area contributed by atoms with Crippen molar-refractivity contribution in [2.45, 2.75) is 70.4 Å². The third kappa shape index (κ3) is 7.67. The first kappa shape index (κ1) is 31.2. The Kier molecular flexibility index (Phi) is 10.4. The Morgan fingerprint density at radius 2 is 1.68 bits per heavy atom. The number of sulfonamides is 1. The number of furan rings is 1. The van der Waals surface area contributed by atoms with E-state index in [2.05, 4.69) is 20.8 Å². The number of carbonyl (C=O) groups excluding carboxylic acids is 1. The molecule has 0 unspecified atom stereocenters. The Bertz CT molecular complexity index is 1350. The van der Waals surface area contributed by atoms with E-state index in [9.17, 15) is 13.2 Å².